The largest absolute Gasteiger partial charge is 0.0856 e. The third kappa shape index (κ3) is 19.7. The predicted molar refractivity (Wildman–Crippen MR) is 140 cm³/mol. The average molecular weight is 411 g/mol. The van der Waals surface area contributed by atoms with Gasteiger partial charge in [-0.3, -0.25) is 0 Å². The van der Waals surface area contributed by atoms with E-state index in [0.717, 1.165) is 0 Å². The summed E-state index contributed by atoms with van der Waals surface area (Å²) in [6, 6.07) is 0. The Balaban J connectivity index is 4.05. The van der Waals surface area contributed by atoms with Crippen LogP contribution in [0.3, 0.4) is 0 Å². The van der Waals surface area contributed by atoms with Crippen LogP contribution in [0.1, 0.15) is 120 Å². The first-order chi connectivity index (χ1) is 14.2. The van der Waals surface area contributed by atoms with Crippen molar-refractivity contribution in [2.24, 2.45) is 0 Å². The van der Waals surface area contributed by atoms with Crippen molar-refractivity contribution in [3.63, 3.8) is 0 Å². The number of unbranched alkanes of at least 4 members (excludes halogenated alkanes) is 1. The average Bonchev–Trinajstić information content (AvgIpc) is 2.64. The van der Waals surface area contributed by atoms with Crippen molar-refractivity contribution >= 4 is 0 Å². The maximum atomic E-state index is 2.43. The molecule has 0 heterocycles. The zero-order valence-electron chi connectivity index (χ0n) is 21.5. The van der Waals surface area contributed by atoms with Crippen molar-refractivity contribution in [2.45, 2.75) is 120 Å². The molecule has 0 rings (SSSR count). The van der Waals surface area contributed by atoms with Crippen molar-refractivity contribution in [1.82, 2.24) is 0 Å². The lowest BCUT2D eigenvalue weighted by molar-refractivity contribution is 0.896. The van der Waals surface area contributed by atoms with Gasteiger partial charge in [0.25, 0.3) is 0 Å². The van der Waals surface area contributed by atoms with Crippen LogP contribution in [0.2, 0.25) is 0 Å². The molecule has 0 atom stereocenters. The van der Waals surface area contributed by atoms with Crippen LogP contribution < -0.4 is 0 Å². The molecule has 0 spiro atoms. The van der Waals surface area contributed by atoms with Gasteiger partial charge in [0, 0.05) is 0 Å². The van der Waals surface area contributed by atoms with Crippen LogP contribution in [0.25, 0.3) is 0 Å². The topological polar surface area (TPSA) is 0 Å². The Labute approximate surface area is 189 Å². The lowest BCUT2D eigenvalue weighted by atomic mass is 10.0. The van der Waals surface area contributed by atoms with E-state index >= 15 is 0 Å². The SMILES string of the molecule is CC(C)=CCCC(C)=CCCC(C)=CCCC=C(C)CC/C=C(\C)CCC=C(C)C. The molecule has 0 nitrogen and oxygen atoms in total. The molecule has 0 saturated heterocycles. The van der Waals surface area contributed by atoms with Gasteiger partial charge >= 0.3 is 0 Å². The van der Waals surface area contributed by atoms with Crippen LogP contribution in [-0.4, -0.2) is 0 Å². The smallest absolute Gasteiger partial charge is 0.0288 e. The van der Waals surface area contributed by atoms with Gasteiger partial charge in [-0.25, -0.2) is 0 Å². The third-order valence-corrected chi connectivity index (χ3v) is 5.40. The highest BCUT2D eigenvalue weighted by atomic mass is 14.0. The quantitative estimate of drug-likeness (QED) is 0.186. The van der Waals surface area contributed by atoms with E-state index in [-0.39, 0.29) is 0 Å². The molecule has 0 aromatic heterocycles. The Bertz CT molecular complexity index is 578. The van der Waals surface area contributed by atoms with Crippen molar-refractivity contribution in [3.8, 4) is 0 Å². The molecule has 0 heteroatoms. The Morgan fingerprint density at radius 3 is 0.833 bits per heavy atom. The molecule has 0 fully saturated rings. The molecule has 0 aromatic rings. The molecule has 0 aromatic carbocycles. The van der Waals surface area contributed by atoms with Crippen LogP contribution >= 0.6 is 0 Å². The van der Waals surface area contributed by atoms with Crippen molar-refractivity contribution in [3.05, 3.63) is 69.9 Å². The summed E-state index contributed by atoms with van der Waals surface area (Å²) >= 11 is 0. The zero-order valence-corrected chi connectivity index (χ0v) is 21.5. The fourth-order valence-electron chi connectivity index (χ4n) is 3.34. The van der Waals surface area contributed by atoms with Crippen LogP contribution in [0.15, 0.2) is 69.9 Å². The first-order valence-electron chi connectivity index (χ1n) is 12.1. The van der Waals surface area contributed by atoms with E-state index in [9.17, 15) is 0 Å². The minimum absolute atomic E-state index is 1.17. The van der Waals surface area contributed by atoms with Gasteiger partial charge in [-0.15, -0.1) is 0 Å². The highest BCUT2D eigenvalue weighted by Gasteiger charge is 1.94. The Morgan fingerprint density at radius 2 is 0.567 bits per heavy atom. The van der Waals surface area contributed by atoms with Gasteiger partial charge in [-0.05, 0) is 120 Å². The van der Waals surface area contributed by atoms with Gasteiger partial charge in [-0.1, -0.05) is 69.9 Å². The van der Waals surface area contributed by atoms with Crippen LogP contribution in [0.4, 0.5) is 0 Å². The highest BCUT2D eigenvalue weighted by Crippen LogP contribution is 2.14. The standard InChI is InChI=1S/C30H50/c1-25(2)15-11-19-29(7)23-13-21-27(5)17-9-10-18-28(6)22-14-24-30(8)20-12-16-26(3)4/h15-18,23-24H,9-14,19-22H2,1-8H3/b27-17?,28-18?,29-23+,30-24?. The lowest BCUT2D eigenvalue weighted by Crippen LogP contribution is -1.82. The first-order valence-corrected chi connectivity index (χ1v) is 12.1. The van der Waals surface area contributed by atoms with Gasteiger partial charge in [0.2, 0.25) is 0 Å². The Kier molecular flexibility index (Phi) is 17.3. The van der Waals surface area contributed by atoms with Gasteiger partial charge in [0.05, 0.1) is 0 Å². The minimum atomic E-state index is 1.17. The molecule has 0 aliphatic heterocycles. The van der Waals surface area contributed by atoms with E-state index in [1.54, 1.807) is 0 Å². The number of rotatable bonds is 15. The Morgan fingerprint density at radius 1 is 0.333 bits per heavy atom. The van der Waals surface area contributed by atoms with E-state index in [4.69, 9.17) is 0 Å². The summed E-state index contributed by atoms with van der Waals surface area (Å²) in [7, 11) is 0. The monoisotopic (exact) mass is 410 g/mol. The first kappa shape index (κ1) is 28.4. The summed E-state index contributed by atoms with van der Waals surface area (Å²) in [6.45, 7) is 17.8. The molecule has 0 unspecified atom stereocenters. The van der Waals surface area contributed by atoms with Gasteiger partial charge in [0.15, 0.2) is 0 Å². The van der Waals surface area contributed by atoms with Crippen LogP contribution in [0.5, 0.6) is 0 Å². The highest BCUT2D eigenvalue weighted by molar-refractivity contribution is 5.08. The van der Waals surface area contributed by atoms with E-state index in [0.29, 0.717) is 0 Å². The minimum Gasteiger partial charge on any atom is -0.0856 e. The summed E-state index contributed by atoms with van der Waals surface area (Å²) < 4.78 is 0. The molecule has 0 aliphatic rings. The fourth-order valence-corrected chi connectivity index (χ4v) is 3.34. The fraction of sp³-hybridized carbons (Fsp3) is 0.600. The van der Waals surface area contributed by atoms with Crippen molar-refractivity contribution in [1.29, 1.82) is 0 Å². The number of hydrogen-bond donors (Lipinski definition) is 0. The van der Waals surface area contributed by atoms with Crippen LogP contribution in [0, 0.1) is 0 Å². The van der Waals surface area contributed by atoms with Gasteiger partial charge < -0.3 is 0 Å². The molecule has 0 radical (unpaired) electrons. The molecule has 0 N–H and O–H groups in total. The summed E-state index contributed by atoms with van der Waals surface area (Å²) in [4.78, 5) is 0. The lowest BCUT2D eigenvalue weighted by Gasteiger charge is -2.02. The molecular formula is C30H50. The summed E-state index contributed by atoms with van der Waals surface area (Å²) in [5.41, 5.74) is 8.97. The molecule has 0 saturated carbocycles. The zero-order chi connectivity index (χ0) is 22.8. The number of allylic oxidation sites excluding steroid dienone is 12. The van der Waals surface area contributed by atoms with E-state index in [1.165, 1.54) is 97.6 Å². The normalized spacial score (nSPS) is 13.5. The van der Waals surface area contributed by atoms with Crippen molar-refractivity contribution < 1.29 is 0 Å². The number of hydrogen-bond acceptors (Lipinski definition) is 0. The molecule has 170 valence electrons. The molecule has 0 bridgehead atoms. The summed E-state index contributed by atoms with van der Waals surface area (Å²) in [5, 5.41) is 0. The predicted octanol–water partition coefficient (Wildman–Crippen LogP) is 10.6. The summed E-state index contributed by atoms with van der Waals surface area (Å²) in [6.07, 6.45) is 26.2. The van der Waals surface area contributed by atoms with Crippen molar-refractivity contribution in [2.75, 3.05) is 0 Å². The second kappa shape index (κ2) is 18.2. The molecule has 30 heavy (non-hydrogen) atoms. The van der Waals surface area contributed by atoms with E-state index in [1.807, 2.05) is 0 Å². The maximum Gasteiger partial charge on any atom is -0.0288 e. The van der Waals surface area contributed by atoms with Gasteiger partial charge in [0.1, 0.15) is 0 Å². The van der Waals surface area contributed by atoms with Gasteiger partial charge in [-0.2, -0.15) is 0 Å². The van der Waals surface area contributed by atoms with E-state index < -0.39 is 0 Å². The second-order valence-corrected chi connectivity index (χ2v) is 9.50. The molecule has 0 amide bonds. The molecular weight excluding hydrogens is 360 g/mol. The van der Waals surface area contributed by atoms with Crippen LogP contribution in [-0.2, 0) is 0 Å². The summed E-state index contributed by atoms with van der Waals surface area (Å²) in [5.74, 6) is 0. The second-order valence-electron chi connectivity index (χ2n) is 9.50. The third-order valence-electron chi connectivity index (χ3n) is 5.40. The molecule has 0 aliphatic carbocycles. The maximum absolute atomic E-state index is 2.43. The Hall–Kier alpha value is -1.56. The van der Waals surface area contributed by atoms with E-state index in [2.05, 4.69) is 91.8 Å².